The van der Waals surface area contributed by atoms with E-state index in [1.807, 2.05) is 35.0 Å². The van der Waals surface area contributed by atoms with Crippen molar-refractivity contribution in [1.29, 1.82) is 0 Å². The second-order valence-electron chi connectivity index (χ2n) is 4.68. The van der Waals surface area contributed by atoms with Gasteiger partial charge in [-0.15, -0.1) is 0 Å². The number of aromatic nitrogens is 1. The molecule has 102 valence electrons. The lowest BCUT2D eigenvalue weighted by atomic mass is 10.2. The Kier molecular flexibility index (Phi) is 3.03. The van der Waals surface area contributed by atoms with E-state index in [1.54, 1.807) is 13.0 Å². The van der Waals surface area contributed by atoms with E-state index in [0.29, 0.717) is 22.9 Å². The van der Waals surface area contributed by atoms with Crippen LogP contribution in [-0.4, -0.2) is 15.6 Å². The number of benzene rings is 1. The van der Waals surface area contributed by atoms with Gasteiger partial charge in [0.25, 0.3) is 0 Å². The average molecular weight is 290 g/mol. The normalized spacial score (nSPS) is 11.1. The molecule has 0 spiro atoms. The summed E-state index contributed by atoms with van der Waals surface area (Å²) in [5.74, 6) is -0.443. The van der Waals surface area contributed by atoms with Crippen LogP contribution in [0.3, 0.4) is 0 Å². The number of rotatable bonds is 3. The largest absolute Gasteiger partial charge is 0.475 e. The Bertz CT molecular complexity index is 801. The van der Waals surface area contributed by atoms with Gasteiger partial charge < -0.3 is 14.1 Å². The molecule has 4 nitrogen and oxygen atoms in total. The maximum absolute atomic E-state index is 11.0. The van der Waals surface area contributed by atoms with E-state index in [1.165, 1.54) is 0 Å². The first-order valence-corrected chi connectivity index (χ1v) is 6.49. The van der Waals surface area contributed by atoms with Crippen molar-refractivity contribution in [3.05, 3.63) is 58.6 Å². The Balaban J connectivity index is 1.99. The number of halogens is 1. The zero-order valence-corrected chi connectivity index (χ0v) is 11.5. The van der Waals surface area contributed by atoms with Gasteiger partial charge in [0.15, 0.2) is 0 Å². The van der Waals surface area contributed by atoms with Crippen molar-refractivity contribution < 1.29 is 14.3 Å². The summed E-state index contributed by atoms with van der Waals surface area (Å²) in [6.45, 7) is 2.19. The van der Waals surface area contributed by atoms with Crippen molar-refractivity contribution >= 4 is 28.5 Å². The number of carboxylic acids is 1. The number of hydrogen-bond donors (Lipinski definition) is 1. The molecule has 0 aliphatic heterocycles. The minimum atomic E-state index is -1.05. The fraction of sp³-hybridized carbons (Fsp3) is 0.133. The van der Waals surface area contributed by atoms with Crippen molar-refractivity contribution in [1.82, 2.24) is 4.57 Å². The molecule has 0 saturated carbocycles. The summed E-state index contributed by atoms with van der Waals surface area (Å²) in [6.07, 6.45) is 1.93. The van der Waals surface area contributed by atoms with Crippen LogP contribution in [0.2, 0.25) is 5.02 Å². The van der Waals surface area contributed by atoms with E-state index in [9.17, 15) is 4.79 Å². The first-order valence-electron chi connectivity index (χ1n) is 6.11. The van der Waals surface area contributed by atoms with Crippen molar-refractivity contribution in [2.75, 3.05) is 0 Å². The summed E-state index contributed by atoms with van der Waals surface area (Å²) < 4.78 is 7.35. The zero-order chi connectivity index (χ0) is 14.3. The third-order valence-corrected chi connectivity index (χ3v) is 3.46. The molecule has 0 aliphatic rings. The molecule has 0 amide bonds. The Labute approximate surface area is 120 Å². The van der Waals surface area contributed by atoms with Gasteiger partial charge in [0.1, 0.15) is 5.76 Å². The summed E-state index contributed by atoms with van der Waals surface area (Å²) in [5.41, 5.74) is 1.62. The Morgan fingerprint density at radius 2 is 2.15 bits per heavy atom. The molecule has 1 N–H and O–H groups in total. The zero-order valence-electron chi connectivity index (χ0n) is 10.8. The third kappa shape index (κ3) is 2.18. The van der Waals surface area contributed by atoms with Crippen LogP contribution in [0.15, 0.2) is 40.9 Å². The smallest absolute Gasteiger partial charge is 0.372 e. The topological polar surface area (TPSA) is 55.4 Å². The van der Waals surface area contributed by atoms with Gasteiger partial charge in [-0.25, -0.2) is 4.79 Å². The molecule has 0 aliphatic carbocycles. The van der Waals surface area contributed by atoms with Gasteiger partial charge >= 0.3 is 5.97 Å². The highest BCUT2D eigenvalue weighted by Crippen LogP contribution is 2.23. The van der Waals surface area contributed by atoms with Gasteiger partial charge in [0, 0.05) is 22.3 Å². The Morgan fingerprint density at radius 1 is 1.35 bits per heavy atom. The molecular formula is C15H12ClNO3. The van der Waals surface area contributed by atoms with Crippen molar-refractivity contribution in [3.63, 3.8) is 0 Å². The van der Waals surface area contributed by atoms with Crippen LogP contribution in [-0.2, 0) is 6.54 Å². The maximum Gasteiger partial charge on any atom is 0.372 e. The molecule has 2 aromatic heterocycles. The number of aryl methyl sites for hydroxylation is 1. The highest BCUT2D eigenvalue weighted by atomic mass is 35.5. The number of aromatic carboxylic acids is 1. The molecule has 0 fully saturated rings. The van der Waals surface area contributed by atoms with Gasteiger partial charge in [-0.05, 0) is 36.6 Å². The molecule has 0 saturated heterocycles. The number of carbonyl (C=O) groups is 1. The first kappa shape index (κ1) is 12.8. The molecule has 0 atom stereocenters. The molecule has 3 rings (SSSR count). The van der Waals surface area contributed by atoms with Crippen molar-refractivity contribution in [2.24, 2.45) is 0 Å². The second kappa shape index (κ2) is 4.72. The molecule has 20 heavy (non-hydrogen) atoms. The Hall–Kier alpha value is -2.20. The van der Waals surface area contributed by atoms with E-state index in [0.717, 1.165) is 10.9 Å². The van der Waals surface area contributed by atoms with Crippen LogP contribution >= 0.6 is 11.6 Å². The summed E-state index contributed by atoms with van der Waals surface area (Å²) >= 11 is 6.01. The van der Waals surface area contributed by atoms with Crippen LogP contribution in [0.5, 0.6) is 0 Å². The van der Waals surface area contributed by atoms with Crippen LogP contribution < -0.4 is 0 Å². The van der Waals surface area contributed by atoms with Crippen LogP contribution in [0, 0.1) is 6.92 Å². The molecule has 5 heteroatoms. The summed E-state index contributed by atoms with van der Waals surface area (Å²) in [6, 6.07) is 9.40. The van der Waals surface area contributed by atoms with E-state index in [4.69, 9.17) is 21.1 Å². The van der Waals surface area contributed by atoms with Crippen molar-refractivity contribution in [3.8, 4) is 0 Å². The summed E-state index contributed by atoms with van der Waals surface area (Å²) in [7, 11) is 0. The molecular weight excluding hydrogens is 278 g/mol. The number of nitrogens with zero attached hydrogens (tertiary/aromatic N) is 1. The average Bonchev–Trinajstić information content (AvgIpc) is 2.94. The van der Waals surface area contributed by atoms with E-state index >= 15 is 0 Å². The van der Waals surface area contributed by atoms with Crippen LogP contribution in [0.4, 0.5) is 0 Å². The minimum Gasteiger partial charge on any atom is -0.475 e. The molecule has 3 aromatic rings. The second-order valence-corrected chi connectivity index (χ2v) is 5.11. The summed E-state index contributed by atoms with van der Waals surface area (Å²) in [4.78, 5) is 11.0. The number of hydrogen-bond acceptors (Lipinski definition) is 2. The first-order chi connectivity index (χ1) is 9.54. The highest BCUT2D eigenvalue weighted by molar-refractivity contribution is 6.31. The quantitative estimate of drug-likeness (QED) is 0.794. The van der Waals surface area contributed by atoms with Gasteiger partial charge in [0.2, 0.25) is 5.76 Å². The molecule has 2 heterocycles. The van der Waals surface area contributed by atoms with E-state index in [2.05, 4.69) is 0 Å². The fourth-order valence-electron chi connectivity index (χ4n) is 2.30. The number of carboxylic acid groups (broad SMARTS) is 1. The molecule has 0 bridgehead atoms. The monoisotopic (exact) mass is 289 g/mol. The predicted octanol–water partition coefficient (Wildman–Crippen LogP) is 3.94. The van der Waals surface area contributed by atoms with Gasteiger partial charge in [-0.3, -0.25) is 0 Å². The summed E-state index contributed by atoms with van der Waals surface area (Å²) in [5, 5.41) is 10.7. The van der Waals surface area contributed by atoms with Crippen LogP contribution in [0.25, 0.3) is 10.9 Å². The lowest BCUT2D eigenvalue weighted by Gasteiger charge is -2.03. The van der Waals surface area contributed by atoms with Gasteiger partial charge in [-0.1, -0.05) is 17.7 Å². The number of furan rings is 1. The highest BCUT2D eigenvalue weighted by Gasteiger charge is 2.14. The van der Waals surface area contributed by atoms with E-state index in [-0.39, 0.29) is 5.76 Å². The minimum absolute atomic E-state index is 0.00510. The fourth-order valence-corrected chi connectivity index (χ4v) is 2.47. The molecule has 1 aromatic carbocycles. The van der Waals surface area contributed by atoms with E-state index < -0.39 is 5.97 Å². The lowest BCUT2D eigenvalue weighted by Crippen LogP contribution is -1.97. The standard InChI is InChI=1S/C15H12ClNO3/c1-9-6-12(20-14(9)15(18)19)8-17-5-4-10-2-3-11(16)7-13(10)17/h2-7H,8H2,1H3,(H,18,19). The van der Waals surface area contributed by atoms with Crippen molar-refractivity contribution in [2.45, 2.75) is 13.5 Å². The predicted molar refractivity (Wildman–Crippen MR) is 76.5 cm³/mol. The SMILES string of the molecule is Cc1cc(Cn2ccc3ccc(Cl)cc32)oc1C(=O)O. The Morgan fingerprint density at radius 3 is 2.85 bits per heavy atom. The number of fused-ring (bicyclic) bond motifs is 1. The lowest BCUT2D eigenvalue weighted by molar-refractivity contribution is 0.0659. The van der Waals surface area contributed by atoms with Crippen LogP contribution in [0.1, 0.15) is 21.9 Å². The molecule has 0 unspecified atom stereocenters. The maximum atomic E-state index is 11.0. The van der Waals surface area contributed by atoms with Gasteiger partial charge in [-0.2, -0.15) is 0 Å². The third-order valence-electron chi connectivity index (χ3n) is 3.23. The van der Waals surface area contributed by atoms with Gasteiger partial charge in [0.05, 0.1) is 6.54 Å². The molecule has 0 radical (unpaired) electrons.